The highest BCUT2D eigenvalue weighted by atomic mass is 32.2. The van der Waals surface area contributed by atoms with Gasteiger partial charge >= 0.3 is 0 Å². The highest BCUT2D eigenvalue weighted by Gasteiger charge is 2.25. The van der Waals surface area contributed by atoms with Gasteiger partial charge < -0.3 is 0 Å². The van der Waals surface area contributed by atoms with Crippen molar-refractivity contribution in [2.24, 2.45) is 0 Å². The lowest BCUT2D eigenvalue weighted by Gasteiger charge is -2.18. The van der Waals surface area contributed by atoms with Gasteiger partial charge in [0.15, 0.2) is 0 Å². The minimum Gasteiger partial charge on any atom is -0.282 e. The summed E-state index contributed by atoms with van der Waals surface area (Å²) in [4.78, 5) is 0.738. The molecule has 1 atom stereocenters. The van der Waals surface area contributed by atoms with Crippen molar-refractivity contribution in [3.63, 3.8) is 0 Å². The summed E-state index contributed by atoms with van der Waals surface area (Å²) in [5.41, 5.74) is 5.42. The molecule has 1 unspecified atom stereocenters. The average molecular weight is 613 g/mol. The number of rotatable bonds is 8. The van der Waals surface area contributed by atoms with Crippen molar-refractivity contribution in [3.05, 3.63) is 169 Å². The lowest BCUT2D eigenvalue weighted by Crippen LogP contribution is -2.06. The highest BCUT2D eigenvalue weighted by molar-refractivity contribution is 7.94. The average Bonchev–Trinajstić information content (AvgIpc) is 3.08. The van der Waals surface area contributed by atoms with Crippen LogP contribution in [0, 0.1) is 0 Å². The van der Waals surface area contributed by atoms with E-state index in [2.05, 4.69) is 0 Å². The van der Waals surface area contributed by atoms with E-state index in [0.717, 1.165) is 16.7 Å². The zero-order valence-corrected chi connectivity index (χ0v) is 25.2. The van der Waals surface area contributed by atoms with Crippen molar-refractivity contribution in [1.29, 1.82) is 0 Å². The standard InChI is InChI=1S/C38H28O4S2/c39-43(34-24-21-29(22-25-34)28-13-5-1-6-14-28)36(31-17-9-3-10-18-31)27-33-23-26-35(30-15-7-2-8-16-30)37(38(33)44(40,41)42)32-19-11-4-12-20-32/h1-27H,(H,40,41,42)/b36-27+. The number of hydrogen-bond acceptors (Lipinski definition) is 3. The lowest BCUT2D eigenvalue weighted by atomic mass is 9.92. The summed E-state index contributed by atoms with van der Waals surface area (Å²) in [6.45, 7) is 0. The predicted molar refractivity (Wildman–Crippen MR) is 180 cm³/mol. The van der Waals surface area contributed by atoms with E-state index in [1.54, 1.807) is 12.1 Å². The fourth-order valence-electron chi connectivity index (χ4n) is 5.26. The second-order valence-corrected chi connectivity index (χ2v) is 13.0. The van der Waals surface area contributed by atoms with Crippen LogP contribution in [0.3, 0.4) is 0 Å². The third-order valence-electron chi connectivity index (χ3n) is 7.31. The summed E-state index contributed by atoms with van der Waals surface area (Å²) in [7, 11) is -6.42. The van der Waals surface area contributed by atoms with E-state index < -0.39 is 20.9 Å². The van der Waals surface area contributed by atoms with Gasteiger partial charge in [0, 0.05) is 10.5 Å². The summed E-state index contributed by atoms with van der Waals surface area (Å²) in [6, 6.07) is 48.7. The quantitative estimate of drug-likeness (QED) is 0.137. The largest absolute Gasteiger partial charge is 0.295 e. The summed E-state index contributed by atoms with van der Waals surface area (Å²) in [5.74, 6) is 0. The zero-order valence-electron chi connectivity index (χ0n) is 23.6. The van der Waals surface area contributed by atoms with Gasteiger partial charge in [-0.25, -0.2) is 4.21 Å². The van der Waals surface area contributed by atoms with Crippen LogP contribution in [0.5, 0.6) is 0 Å². The molecule has 6 aromatic rings. The van der Waals surface area contributed by atoms with Crippen LogP contribution in [-0.4, -0.2) is 17.2 Å². The van der Waals surface area contributed by atoms with Crippen molar-refractivity contribution < 1.29 is 17.2 Å². The van der Waals surface area contributed by atoms with Gasteiger partial charge in [0.25, 0.3) is 10.1 Å². The molecule has 4 nitrogen and oxygen atoms in total. The molecule has 0 aliphatic carbocycles. The molecule has 1 N–H and O–H groups in total. The van der Waals surface area contributed by atoms with E-state index in [4.69, 9.17) is 0 Å². The maximum absolute atomic E-state index is 14.2. The molecule has 6 rings (SSSR count). The first kappa shape index (κ1) is 29.2. The van der Waals surface area contributed by atoms with Gasteiger partial charge in [0.05, 0.1) is 15.7 Å². The molecule has 0 aromatic heterocycles. The van der Waals surface area contributed by atoms with Crippen molar-refractivity contribution in [3.8, 4) is 33.4 Å². The van der Waals surface area contributed by atoms with Gasteiger partial charge in [0.2, 0.25) is 0 Å². The van der Waals surface area contributed by atoms with Gasteiger partial charge in [-0.3, -0.25) is 4.55 Å². The minimum absolute atomic E-state index is 0.235. The highest BCUT2D eigenvalue weighted by Crippen LogP contribution is 2.41. The maximum Gasteiger partial charge on any atom is 0.295 e. The molecular formula is C38H28O4S2. The fourth-order valence-corrected chi connectivity index (χ4v) is 7.39. The SMILES string of the molecule is O=S(/C(=C/c1ccc(-c2ccccc2)c(-c2ccccc2)c1S(=O)(=O)O)c1ccccc1)c1ccc(-c2ccccc2)cc1. The van der Waals surface area contributed by atoms with Crippen LogP contribution >= 0.6 is 0 Å². The van der Waals surface area contributed by atoms with Crippen LogP contribution in [0.15, 0.2) is 168 Å². The van der Waals surface area contributed by atoms with Crippen LogP contribution in [-0.2, 0) is 20.9 Å². The Kier molecular flexibility index (Phi) is 8.48. The first-order chi connectivity index (χ1) is 21.4. The molecule has 0 amide bonds. The molecule has 0 aliphatic rings. The third-order valence-corrected chi connectivity index (χ3v) is 9.72. The molecule has 0 saturated heterocycles. The Labute approximate surface area is 260 Å². The molecule has 44 heavy (non-hydrogen) atoms. The van der Waals surface area contributed by atoms with E-state index in [0.29, 0.717) is 32.1 Å². The van der Waals surface area contributed by atoms with Gasteiger partial charge in [-0.2, -0.15) is 8.42 Å². The lowest BCUT2D eigenvalue weighted by molar-refractivity contribution is 0.483. The van der Waals surface area contributed by atoms with E-state index in [1.807, 2.05) is 152 Å². The summed E-state index contributed by atoms with van der Waals surface area (Å²) in [5, 5.41) is 0. The maximum atomic E-state index is 14.2. The number of benzene rings is 6. The molecule has 0 fully saturated rings. The molecular weight excluding hydrogens is 585 g/mol. The normalized spacial score (nSPS) is 12.5. The van der Waals surface area contributed by atoms with E-state index in [9.17, 15) is 17.2 Å². The second kappa shape index (κ2) is 12.8. The second-order valence-electron chi connectivity index (χ2n) is 10.1. The Balaban J connectivity index is 1.56. The molecule has 0 saturated carbocycles. The molecule has 216 valence electrons. The van der Waals surface area contributed by atoms with Crippen LogP contribution in [0.4, 0.5) is 0 Å². The molecule has 0 aliphatic heterocycles. The van der Waals surface area contributed by atoms with E-state index >= 15 is 0 Å². The van der Waals surface area contributed by atoms with Gasteiger partial charge in [-0.15, -0.1) is 0 Å². The van der Waals surface area contributed by atoms with Crippen LogP contribution in [0.25, 0.3) is 44.4 Å². The Morgan fingerprint density at radius 2 is 1.02 bits per heavy atom. The summed E-state index contributed by atoms with van der Waals surface area (Å²) in [6.07, 6.45) is 1.61. The van der Waals surface area contributed by atoms with Crippen molar-refractivity contribution in [1.82, 2.24) is 0 Å². The van der Waals surface area contributed by atoms with Crippen LogP contribution in [0.2, 0.25) is 0 Å². The van der Waals surface area contributed by atoms with Gasteiger partial charge in [-0.1, -0.05) is 146 Å². The minimum atomic E-state index is -4.74. The molecule has 0 spiro atoms. The molecule has 0 bridgehead atoms. The van der Waals surface area contributed by atoms with Gasteiger partial charge in [-0.05, 0) is 57.2 Å². The molecule has 0 heterocycles. The third kappa shape index (κ3) is 6.24. The Morgan fingerprint density at radius 3 is 1.57 bits per heavy atom. The van der Waals surface area contributed by atoms with Crippen molar-refractivity contribution >= 4 is 31.9 Å². The first-order valence-corrected chi connectivity index (χ1v) is 16.6. The number of hydrogen-bond donors (Lipinski definition) is 1. The Hall–Kier alpha value is -4.88. The Morgan fingerprint density at radius 1 is 0.545 bits per heavy atom. The smallest absolute Gasteiger partial charge is 0.282 e. The topological polar surface area (TPSA) is 71.4 Å². The summed E-state index contributed by atoms with van der Waals surface area (Å²) < 4.78 is 51.4. The fraction of sp³-hybridized carbons (Fsp3) is 0. The monoisotopic (exact) mass is 612 g/mol. The van der Waals surface area contributed by atoms with E-state index in [-0.39, 0.29) is 10.5 Å². The molecule has 6 aromatic carbocycles. The zero-order chi connectivity index (χ0) is 30.5. The molecule has 6 heteroatoms. The van der Waals surface area contributed by atoms with Gasteiger partial charge in [0.1, 0.15) is 4.90 Å². The Bertz CT molecular complexity index is 2060. The van der Waals surface area contributed by atoms with Crippen molar-refractivity contribution in [2.75, 3.05) is 0 Å². The van der Waals surface area contributed by atoms with Crippen LogP contribution in [0.1, 0.15) is 11.1 Å². The first-order valence-electron chi connectivity index (χ1n) is 14.0. The predicted octanol–water partition coefficient (Wildman–Crippen LogP) is 9.24. The summed E-state index contributed by atoms with van der Waals surface area (Å²) >= 11 is 0. The molecule has 0 radical (unpaired) electrons. The van der Waals surface area contributed by atoms with Crippen LogP contribution < -0.4 is 0 Å². The van der Waals surface area contributed by atoms with Crippen molar-refractivity contribution in [2.45, 2.75) is 9.79 Å². The van der Waals surface area contributed by atoms with E-state index in [1.165, 1.54) is 0 Å².